The van der Waals surface area contributed by atoms with Gasteiger partial charge in [0.1, 0.15) is 18.1 Å². The number of carbonyl (C=O) groups is 2. The van der Waals surface area contributed by atoms with Crippen molar-refractivity contribution < 1.29 is 37.3 Å². The highest BCUT2D eigenvalue weighted by molar-refractivity contribution is 5.90. The van der Waals surface area contributed by atoms with Crippen molar-refractivity contribution in [1.82, 2.24) is 9.80 Å². The molecule has 12 heteroatoms. The van der Waals surface area contributed by atoms with Gasteiger partial charge in [-0.3, -0.25) is 4.90 Å². The Morgan fingerprint density at radius 1 is 0.830 bits per heavy atom. The number of fused-ring (bicyclic) bond motifs is 1. The number of hydrogen-bond acceptors (Lipinski definition) is 5. The molecule has 1 saturated carbocycles. The van der Waals surface area contributed by atoms with Crippen LogP contribution in [0.4, 0.5) is 23.7 Å². The van der Waals surface area contributed by atoms with Crippen molar-refractivity contribution in [2.45, 2.75) is 57.5 Å². The minimum absolute atomic E-state index is 0. The molecule has 2 fully saturated rings. The summed E-state index contributed by atoms with van der Waals surface area (Å²) in [7, 11) is 0. The van der Waals surface area contributed by atoms with E-state index in [0.29, 0.717) is 23.3 Å². The van der Waals surface area contributed by atoms with E-state index >= 15 is 0 Å². The van der Waals surface area contributed by atoms with E-state index in [-0.39, 0.29) is 55.2 Å². The third-order valence-electron chi connectivity index (χ3n) is 9.78. The van der Waals surface area contributed by atoms with Gasteiger partial charge in [-0.25, -0.2) is 9.59 Å². The fourth-order valence-corrected chi connectivity index (χ4v) is 6.91. The molecule has 4 atom stereocenters. The number of carboxylic acid groups (broad SMARTS) is 1. The van der Waals surface area contributed by atoms with Gasteiger partial charge in [0.15, 0.2) is 6.10 Å². The number of anilines is 1. The minimum Gasteiger partial charge on any atom is -0.492 e. The number of aliphatic carboxylic acids is 1. The zero-order valence-electron chi connectivity index (χ0n) is 29.9. The lowest BCUT2D eigenvalue weighted by molar-refractivity contribution is -0.145. The Bertz CT molecular complexity index is 1810. The molecule has 2 amide bonds. The third-order valence-corrected chi connectivity index (χ3v) is 9.78. The van der Waals surface area contributed by atoms with Crippen LogP contribution in [0.1, 0.15) is 43.0 Å². The van der Waals surface area contributed by atoms with Crippen LogP contribution < -0.4 is 14.8 Å². The maximum Gasteiger partial charge on any atom is 0.416 e. The quantitative estimate of drug-likeness (QED) is 0.142. The molecule has 8 nitrogen and oxygen atoms in total. The number of nitrogens with one attached hydrogen (secondary N) is 1. The Morgan fingerprint density at radius 2 is 1.42 bits per heavy atom. The van der Waals surface area contributed by atoms with Crippen LogP contribution in [0, 0.1) is 11.8 Å². The summed E-state index contributed by atoms with van der Waals surface area (Å²) in [6, 6.07) is 28.8. The standard InChI is InChI=1S/C41H44F3N3O5.ClH/c1-40(2,3)29-13-19-33(20-14-29)52-36(38(48)49)23-27-9-17-32(18-10-27)51-22-21-47(39(50)45-31-15-11-30(12-16-31)41(42,43)44)37-34-25-46(26-35(34)37)24-28-7-5-4-6-8-28;/h4-20,34-37H,21-26H2,1-3H3,(H,45,50)(H,48,49);1H/t34-,35?,36+,37?;/m1./s1. The summed E-state index contributed by atoms with van der Waals surface area (Å²) in [5, 5.41) is 12.6. The monoisotopic (exact) mass is 751 g/mol. The van der Waals surface area contributed by atoms with Gasteiger partial charge >= 0.3 is 18.2 Å². The van der Waals surface area contributed by atoms with E-state index in [9.17, 15) is 27.9 Å². The van der Waals surface area contributed by atoms with Crippen LogP contribution in [0.5, 0.6) is 11.5 Å². The van der Waals surface area contributed by atoms with E-state index in [2.05, 4.69) is 43.1 Å². The summed E-state index contributed by atoms with van der Waals surface area (Å²) in [5.41, 5.74) is 2.57. The summed E-state index contributed by atoms with van der Waals surface area (Å²) in [5.74, 6) is 0.561. The summed E-state index contributed by atoms with van der Waals surface area (Å²) in [6.45, 7) is 9.31. The van der Waals surface area contributed by atoms with Gasteiger partial charge in [-0.15, -0.1) is 12.4 Å². The molecule has 0 bridgehead atoms. The molecule has 4 aromatic rings. The third kappa shape index (κ3) is 10.2. The van der Waals surface area contributed by atoms with E-state index in [1.54, 1.807) is 41.3 Å². The molecule has 1 saturated heterocycles. The zero-order valence-corrected chi connectivity index (χ0v) is 30.7. The second kappa shape index (κ2) is 16.5. The van der Waals surface area contributed by atoms with Gasteiger partial charge in [0.25, 0.3) is 0 Å². The van der Waals surface area contributed by atoms with Gasteiger partial charge < -0.3 is 24.8 Å². The predicted molar refractivity (Wildman–Crippen MR) is 200 cm³/mol. The number of ether oxygens (including phenoxy) is 2. The van der Waals surface area contributed by atoms with E-state index < -0.39 is 23.8 Å². The first kappa shape index (κ1) is 39.5. The van der Waals surface area contributed by atoms with Crippen molar-refractivity contribution in [3.8, 4) is 11.5 Å². The lowest BCUT2D eigenvalue weighted by Crippen LogP contribution is -2.43. The van der Waals surface area contributed by atoms with Gasteiger partial charge in [-0.2, -0.15) is 13.2 Å². The molecule has 2 aliphatic rings. The number of nitrogens with zero attached hydrogens (tertiary/aromatic N) is 2. The largest absolute Gasteiger partial charge is 0.492 e. The highest BCUT2D eigenvalue weighted by Gasteiger charge is 2.59. The van der Waals surface area contributed by atoms with Crippen molar-refractivity contribution in [3.05, 3.63) is 125 Å². The number of carboxylic acids is 1. The lowest BCUT2D eigenvalue weighted by atomic mass is 9.87. The smallest absolute Gasteiger partial charge is 0.416 e. The maximum absolute atomic E-state index is 13.6. The number of rotatable bonds is 13. The van der Waals surface area contributed by atoms with Crippen molar-refractivity contribution in [1.29, 1.82) is 0 Å². The molecule has 2 unspecified atom stereocenters. The number of alkyl halides is 3. The molecule has 2 N–H and O–H groups in total. The molecule has 1 aliphatic heterocycles. The Kier molecular flexibility index (Phi) is 12.3. The predicted octanol–water partition coefficient (Wildman–Crippen LogP) is 8.54. The van der Waals surface area contributed by atoms with E-state index in [1.165, 1.54) is 17.7 Å². The average Bonchev–Trinajstić information content (AvgIpc) is 3.58. The molecule has 0 aromatic heterocycles. The first-order valence-electron chi connectivity index (χ1n) is 17.5. The summed E-state index contributed by atoms with van der Waals surface area (Å²) < 4.78 is 51.1. The van der Waals surface area contributed by atoms with Gasteiger partial charge in [-0.1, -0.05) is 75.4 Å². The lowest BCUT2D eigenvalue weighted by Gasteiger charge is -2.28. The van der Waals surface area contributed by atoms with E-state index in [1.807, 2.05) is 30.3 Å². The summed E-state index contributed by atoms with van der Waals surface area (Å²) in [4.78, 5) is 29.7. The number of likely N-dealkylation sites (tertiary alicyclic amines) is 1. The molecular formula is C41H45ClF3N3O5. The van der Waals surface area contributed by atoms with Crippen LogP contribution in [0.25, 0.3) is 0 Å². The van der Waals surface area contributed by atoms with Gasteiger partial charge in [0.05, 0.1) is 12.1 Å². The number of urea groups is 1. The van der Waals surface area contributed by atoms with Crippen LogP contribution in [-0.4, -0.2) is 65.3 Å². The highest BCUT2D eigenvalue weighted by Crippen LogP contribution is 2.49. The van der Waals surface area contributed by atoms with Gasteiger partial charge in [-0.05, 0) is 82.5 Å². The number of halogens is 4. The van der Waals surface area contributed by atoms with Crippen molar-refractivity contribution in [2.24, 2.45) is 11.8 Å². The van der Waals surface area contributed by atoms with Crippen LogP contribution in [0.2, 0.25) is 0 Å². The molecule has 53 heavy (non-hydrogen) atoms. The summed E-state index contributed by atoms with van der Waals surface area (Å²) >= 11 is 0. The number of benzene rings is 4. The average molecular weight is 752 g/mol. The maximum atomic E-state index is 13.6. The number of hydrogen-bond donors (Lipinski definition) is 2. The Hall–Kier alpha value is -4.74. The molecule has 0 spiro atoms. The minimum atomic E-state index is -4.47. The Balaban J connectivity index is 0.00000541. The topological polar surface area (TPSA) is 91.3 Å². The van der Waals surface area contributed by atoms with Crippen molar-refractivity contribution in [3.63, 3.8) is 0 Å². The van der Waals surface area contributed by atoms with Crippen LogP contribution in [0.3, 0.4) is 0 Å². The van der Waals surface area contributed by atoms with E-state index in [0.717, 1.165) is 42.9 Å². The van der Waals surface area contributed by atoms with E-state index in [4.69, 9.17) is 9.47 Å². The Morgan fingerprint density at radius 3 is 1.98 bits per heavy atom. The molecule has 1 heterocycles. The van der Waals surface area contributed by atoms with Crippen LogP contribution in [-0.2, 0) is 29.4 Å². The van der Waals surface area contributed by atoms with Crippen LogP contribution >= 0.6 is 12.4 Å². The molecule has 0 radical (unpaired) electrons. The first-order chi connectivity index (χ1) is 24.7. The Labute approximate surface area is 314 Å². The van der Waals surface area contributed by atoms with Gasteiger partial charge in [0.2, 0.25) is 0 Å². The fraction of sp³-hybridized carbons (Fsp3) is 0.366. The van der Waals surface area contributed by atoms with Crippen molar-refractivity contribution >= 4 is 30.1 Å². The second-order valence-corrected chi connectivity index (χ2v) is 14.6. The van der Waals surface area contributed by atoms with Gasteiger partial charge in [0, 0.05) is 37.8 Å². The zero-order chi connectivity index (χ0) is 37.0. The number of amides is 2. The normalized spacial score (nSPS) is 18.6. The molecule has 4 aromatic carbocycles. The summed E-state index contributed by atoms with van der Waals surface area (Å²) in [6.07, 6.45) is -5.39. The highest BCUT2D eigenvalue weighted by atomic mass is 35.5. The second-order valence-electron chi connectivity index (χ2n) is 14.6. The molecule has 1 aliphatic carbocycles. The molecular weight excluding hydrogens is 707 g/mol. The SMILES string of the molecule is CC(C)(C)c1ccc(O[C@@H](Cc2ccc(OCCN(C(=O)Nc3ccc(C(F)(F)F)cc3)C3C4CN(Cc5ccccc5)C[C@H]43)cc2)C(=O)O)cc1.Cl. The number of piperidine rings is 1. The fourth-order valence-electron chi connectivity index (χ4n) is 6.91. The molecule has 6 rings (SSSR count). The number of carbonyl (C=O) groups excluding carboxylic acids is 1. The van der Waals surface area contributed by atoms with Crippen molar-refractivity contribution in [2.75, 3.05) is 31.6 Å². The molecule has 282 valence electrons. The first-order valence-corrected chi connectivity index (χ1v) is 17.5. The van der Waals surface area contributed by atoms with Crippen LogP contribution in [0.15, 0.2) is 103 Å².